The topological polar surface area (TPSA) is 37.3 Å². The van der Waals surface area contributed by atoms with Gasteiger partial charge in [-0.2, -0.15) is 0 Å². The smallest absolute Gasteiger partial charge is 0.224 e. The molecule has 1 aliphatic rings. The number of nitrogens with zero attached hydrogens (tertiary/aromatic N) is 2. The van der Waals surface area contributed by atoms with Gasteiger partial charge in [0.25, 0.3) is 0 Å². The molecule has 26 heavy (non-hydrogen) atoms. The van der Waals surface area contributed by atoms with Gasteiger partial charge >= 0.3 is 0 Å². The van der Waals surface area contributed by atoms with Crippen LogP contribution in [0.4, 0.5) is 0 Å². The van der Waals surface area contributed by atoms with Crippen LogP contribution in [-0.2, 0) is 24.8 Å². The largest absolute Gasteiger partial charge is 0.346 e. The SMILES string of the molecule is Cc1ccc2c(c1)c1c(n2C)C(NC(=O)Cc2ccccc2)CN(C)C1. The van der Waals surface area contributed by atoms with E-state index in [0.29, 0.717) is 6.42 Å². The number of rotatable bonds is 3. The molecule has 4 heteroatoms. The lowest BCUT2D eigenvalue weighted by Gasteiger charge is -2.32. The zero-order valence-electron chi connectivity index (χ0n) is 15.6. The van der Waals surface area contributed by atoms with Gasteiger partial charge in [0.1, 0.15) is 0 Å². The number of carbonyl (C=O) groups excluding carboxylic acids is 1. The Balaban J connectivity index is 1.66. The number of likely N-dealkylation sites (N-methyl/N-ethyl adjacent to an activating group) is 1. The zero-order chi connectivity index (χ0) is 18.3. The van der Waals surface area contributed by atoms with Crippen molar-refractivity contribution in [1.29, 1.82) is 0 Å². The van der Waals surface area contributed by atoms with Gasteiger partial charge in [0.2, 0.25) is 5.91 Å². The predicted octanol–water partition coefficient (Wildman–Crippen LogP) is 3.33. The first kappa shape index (κ1) is 16.9. The third-order valence-corrected chi connectivity index (χ3v) is 5.30. The molecule has 2 heterocycles. The highest BCUT2D eigenvalue weighted by Gasteiger charge is 2.30. The van der Waals surface area contributed by atoms with E-state index in [-0.39, 0.29) is 11.9 Å². The summed E-state index contributed by atoms with van der Waals surface area (Å²) in [7, 11) is 4.23. The van der Waals surface area contributed by atoms with Gasteiger partial charge in [0, 0.05) is 36.7 Å². The molecule has 0 bridgehead atoms. The van der Waals surface area contributed by atoms with Crippen molar-refractivity contribution in [3.8, 4) is 0 Å². The number of hydrogen-bond acceptors (Lipinski definition) is 2. The number of carbonyl (C=O) groups is 1. The lowest BCUT2D eigenvalue weighted by Crippen LogP contribution is -2.41. The summed E-state index contributed by atoms with van der Waals surface area (Å²) in [6.07, 6.45) is 0.416. The van der Waals surface area contributed by atoms with Crippen molar-refractivity contribution in [2.24, 2.45) is 7.05 Å². The summed E-state index contributed by atoms with van der Waals surface area (Å²) in [5, 5.41) is 4.57. The molecule has 1 aliphatic heterocycles. The van der Waals surface area contributed by atoms with Gasteiger partial charge in [-0.1, -0.05) is 42.0 Å². The molecule has 0 fully saturated rings. The predicted molar refractivity (Wildman–Crippen MR) is 105 cm³/mol. The molecule has 1 N–H and O–H groups in total. The average Bonchev–Trinajstić information content (AvgIpc) is 2.87. The Morgan fingerprint density at radius 3 is 2.69 bits per heavy atom. The minimum absolute atomic E-state index is 0.0117. The van der Waals surface area contributed by atoms with Gasteiger partial charge in [-0.3, -0.25) is 9.69 Å². The molecule has 4 rings (SSSR count). The van der Waals surface area contributed by atoms with Gasteiger partial charge in [0.15, 0.2) is 0 Å². The molecule has 2 aromatic carbocycles. The Morgan fingerprint density at radius 1 is 1.15 bits per heavy atom. The Morgan fingerprint density at radius 2 is 1.92 bits per heavy atom. The second-order valence-corrected chi connectivity index (χ2v) is 7.42. The number of nitrogens with one attached hydrogen (secondary N) is 1. The lowest BCUT2D eigenvalue weighted by atomic mass is 10.00. The highest BCUT2D eigenvalue weighted by atomic mass is 16.1. The van der Waals surface area contributed by atoms with Gasteiger partial charge in [0.05, 0.1) is 12.5 Å². The standard InChI is InChI=1S/C22H25N3O/c1-15-9-10-20-17(11-15)18-13-24(2)14-19(22(18)25(20)3)23-21(26)12-16-7-5-4-6-8-16/h4-11,19H,12-14H2,1-3H3,(H,23,26). The fourth-order valence-corrected chi connectivity index (χ4v) is 4.14. The minimum atomic E-state index is 0.0117. The molecule has 134 valence electrons. The summed E-state index contributed by atoms with van der Waals surface area (Å²) in [5.41, 5.74) is 6.12. The van der Waals surface area contributed by atoms with Crippen LogP contribution in [0.5, 0.6) is 0 Å². The summed E-state index contributed by atoms with van der Waals surface area (Å²) in [6.45, 7) is 3.88. The zero-order valence-corrected chi connectivity index (χ0v) is 15.6. The van der Waals surface area contributed by atoms with Crippen LogP contribution in [-0.4, -0.2) is 29.0 Å². The first-order valence-corrected chi connectivity index (χ1v) is 9.12. The van der Waals surface area contributed by atoms with Crippen LogP contribution in [0.15, 0.2) is 48.5 Å². The Bertz CT molecular complexity index is 958. The second-order valence-electron chi connectivity index (χ2n) is 7.42. The minimum Gasteiger partial charge on any atom is -0.346 e. The quantitative estimate of drug-likeness (QED) is 0.789. The fraction of sp³-hybridized carbons (Fsp3) is 0.318. The van der Waals surface area contributed by atoms with E-state index >= 15 is 0 Å². The van der Waals surface area contributed by atoms with E-state index in [1.54, 1.807) is 0 Å². The molecular weight excluding hydrogens is 322 g/mol. The first-order chi connectivity index (χ1) is 12.5. The van der Waals surface area contributed by atoms with Gasteiger partial charge < -0.3 is 9.88 Å². The van der Waals surface area contributed by atoms with Crippen LogP contribution in [0.1, 0.15) is 28.4 Å². The van der Waals surface area contributed by atoms with E-state index in [0.717, 1.165) is 18.7 Å². The summed E-state index contributed by atoms with van der Waals surface area (Å²) in [5.74, 6) is 0.0730. The van der Waals surface area contributed by atoms with E-state index < -0.39 is 0 Å². The van der Waals surface area contributed by atoms with Crippen molar-refractivity contribution in [1.82, 2.24) is 14.8 Å². The van der Waals surface area contributed by atoms with Crippen LogP contribution in [0, 0.1) is 6.92 Å². The van der Waals surface area contributed by atoms with Crippen molar-refractivity contribution in [2.75, 3.05) is 13.6 Å². The molecule has 4 nitrogen and oxygen atoms in total. The molecule has 0 saturated heterocycles. The Hall–Kier alpha value is -2.59. The van der Waals surface area contributed by atoms with Crippen LogP contribution in [0.25, 0.3) is 10.9 Å². The van der Waals surface area contributed by atoms with Crippen molar-refractivity contribution in [2.45, 2.75) is 25.9 Å². The maximum atomic E-state index is 12.6. The maximum absolute atomic E-state index is 12.6. The molecule has 0 spiro atoms. The van der Waals surface area contributed by atoms with E-state index in [4.69, 9.17) is 0 Å². The molecule has 3 aromatic rings. The molecule has 0 saturated carbocycles. The van der Waals surface area contributed by atoms with Crippen molar-refractivity contribution >= 4 is 16.8 Å². The summed E-state index contributed by atoms with van der Waals surface area (Å²) in [4.78, 5) is 14.9. The summed E-state index contributed by atoms with van der Waals surface area (Å²) in [6, 6.07) is 16.5. The summed E-state index contributed by atoms with van der Waals surface area (Å²) < 4.78 is 2.25. The molecule has 1 atom stereocenters. The number of fused-ring (bicyclic) bond motifs is 3. The van der Waals surface area contributed by atoms with Crippen LogP contribution in [0.2, 0.25) is 0 Å². The molecule has 1 aromatic heterocycles. The van der Waals surface area contributed by atoms with Gasteiger partial charge in [-0.05, 0) is 37.2 Å². The second kappa shape index (κ2) is 6.61. The van der Waals surface area contributed by atoms with Gasteiger partial charge in [-0.15, -0.1) is 0 Å². The number of aryl methyl sites for hydroxylation is 2. The molecule has 0 aliphatic carbocycles. The number of aromatic nitrogens is 1. The lowest BCUT2D eigenvalue weighted by molar-refractivity contribution is -0.121. The highest BCUT2D eigenvalue weighted by molar-refractivity contribution is 5.87. The molecule has 0 radical (unpaired) electrons. The molecular formula is C22H25N3O. The first-order valence-electron chi connectivity index (χ1n) is 9.12. The molecule has 1 amide bonds. The third kappa shape index (κ3) is 3.01. The molecule has 1 unspecified atom stereocenters. The van der Waals surface area contributed by atoms with E-state index in [2.05, 4.69) is 54.0 Å². The van der Waals surface area contributed by atoms with Crippen LogP contribution >= 0.6 is 0 Å². The normalized spacial score (nSPS) is 17.3. The third-order valence-electron chi connectivity index (χ3n) is 5.30. The Labute approximate surface area is 154 Å². The van der Waals surface area contributed by atoms with Crippen molar-refractivity contribution in [3.05, 3.63) is 70.9 Å². The van der Waals surface area contributed by atoms with Gasteiger partial charge in [-0.25, -0.2) is 0 Å². The highest BCUT2D eigenvalue weighted by Crippen LogP contribution is 2.34. The van der Waals surface area contributed by atoms with Crippen LogP contribution in [0.3, 0.4) is 0 Å². The maximum Gasteiger partial charge on any atom is 0.224 e. The van der Waals surface area contributed by atoms with Crippen molar-refractivity contribution in [3.63, 3.8) is 0 Å². The van der Waals surface area contributed by atoms with E-state index in [1.807, 2.05) is 30.3 Å². The van der Waals surface area contributed by atoms with E-state index in [1.165, 1.54) is 27.7 Å². The van der Waals surface area contributed by atoms with Crippen molar-refractivity contribution < 1.29 is 4.79 Å². The van der Waals surface area contributed by atoms with Crippen LogP contribution < -0.4 is 5.32 Å². The summed E-state index contributed by atoms with van der Waals surface area (Å²) >= 11 is 0. The number of hydrogen-bond donors (Lipinski definition) is 1. The monoisotopic (exact) mass is 347 g/mol. The fourth-order valence-electron chi connectivity index (χ4n) is 4.14. The Kier molecular flexibility index (Phi) is 4.29. The number of amides is 1. The van der Waals surface area contributed by atoms with E-state index in [9.17, 15) is 4.79 Å². The average molecular weight is 347 g/mol. The number of benzene rings is 2.